The molecular weight excluding hydrogens is 325 g/mol. The van der Waals surface area contributed by atoms with E-state index >= 15 is 0 Å². The molecule has 5 heteroatoms. The summed E-state index contributed by atoms with van der Waals surface area (Å²) in [6, 6.07) is 11.3. The van der Waals surface area contributed by atoms with Crippen LogP contribution in [-0.2, 0) is 0 Å². The fraction of sp³-hybridized carbons (Fsp3) is 0.133. The van der Waals surface area contributed by atoms with Crippen molar-refractivity contribution in [3.05, 3.63) is 58.3 Å². The van der Waals surface area contributed by atoms with Crippen LogP contribution in [0.25, 0.3) is 0 Å². The van der Waals surface area contributed by atoms with Crippen LogP contribution in [0.4, 0.5) is 10.1 Å². The van der Waals surface area contributed by atoms with E-state index in [1.807, 2.05) is 0 Å². The van der Waals surface area contributed by atoms with Gasteiger partial charge in [0.25, 0.3) is 5.91 Å². The van der Waals surface area contributed by atoms with Crippen molar-refractivity contribution in [1.82, 2.24) is 0 Å². The quantitative estimate of drug-likeness (QED) is 0.796. The van der Waals surface area contributed by atoms with Gasteiger partial charge in [-0.1, -0.05) is 15.9 Å². The van der Waals surface area contributed by atoms with E-state index < -0.39 is 0 Å². The van der Waals surface area contributed by atoms with Gasteiger partial charge in [0.05, 0.1) is 12.2 Å². The predicted molar refractivity (Wildman–Crippen MR) is 77.7 cm³/mol. The van der Waals surface area contributed by atoms with Crippen LogP contribution in [0.15, 0.2) is 46.9 Å². The Morgan fingerprint density at radius 3 is 2.70 bits per heavy atom. The monoisotopic (exact) mass is 335 g/mol. The van der Waals surface area contributed by atoms with E-state index in [0.29, 0.717) is 30.2 Å². The Morgan fingerprint density at radius 1 is 1.20 bits per heavy atom. The average molecular weight is 336 g/mol. The third-order valence-electron chi connectivity index (χ3n) is 3.12. The standard InChI is InChI=1S/C15H11BrFNO2/c16-11-3-1-10(2-4-11)15(19)18-7-8-20-14-6-5-12(17)9-13(14)18/h1-6,9H,7-8H2. The molecule has 20 heavy (non-hydrogen) atoms. The van der Waals surface area contributed by atoms with Crippen LogP contribution in [0, 0.1) is 5.82 Å². The number of rotatable bonds is 1. The molecule has 1 amide bonds. The van der Waals surface area contributed by atoms with Crippen LogP contribution in [-0.4, -0.2) is 19.1 Å². The van der Waals surface area contributed by atoms with Crippen LogP contribution in [0.1, 0.15) is 10.4 Å². The van der Waals surface area contributed by atoms with Gasteiger partial charge < -0.3 is 9.64 Å². The van der Waals surface area contributed by atoms with E-state index in [1.54, 1.807) is 35.2 Å². The topological polar surface area (TPSA) is 29.5 Å². The number of halogens is 2. The summed E-state index contributed by atoms with van der Waals surface area (Å²) in [6.07, 6.45) is 0. The van der Waals surface area contributed by atoms with Crippen LogP contribution in [0.3, 0.4) is 0 Å². The Kier molecular flexibility index (Phi) is 3.44. The van der Waals surface area contributed by atoms with Crippen LogP contribution < -0.4 is 9.64 Å². The molecule has 0 spiro atoms. The number of ether oxygens (including phenoxy) is 1. The molecule has 1 aliphatic heterocycles. The normalized spacial score (nSPS) is 13.6. The van der Waals surface area contributed by atoms with Gasteiger partial charge in [-0.05, 0) is 36.4 Å². The second-order valence-electron chi connectivity index (χ2n) is 4.42. The van der Waals surface area contributed by atoms with E-state index in [-0.39, 0.29) is 11.7 Å². The van der Waals surface area contributed by atoms with Gasteiger partial charge in [0.1, 0.15) is 18.2 Å². The lowest BCUT2D eigenvalue weighted by atomic mass is 10.1. The van der Waals surface area contributed by atoms with Gasteiger partial charge in [-0.15, -0.1) is 0 Å². The molecule has 0 aromatic heterocycles. The van der Waals surface area contributed by atoms with Gasteiger partial charge in [0.15, 0.2) is 0 Å². The molecule has 2 aromatic carbocycles. The van der Waals surface area contributed by atoms with Crippen molar-refractivity contribution >= 4 is 27.5 Å². The molecule has 0 saturated heterocycles. The smallest absolute Gasteiger partial charge is 0.258 e. The van der Waals surface area contributed by atoms with E-state index in [9.17, 15) is 9.18 Å². The molecule has 0 fully saturated rings. The second kappa shape index (κ2) is 5.25. The van der Waals surface area contributed by atoms with Crippen LogP contribution in [0.2, 0.25) is 0 Å². The number of carbonyl (C=O) groups is 1. The van der Waals surface area contributed by atoms with E-state index in [2.05, 4.69) is 15.9 Å². The van der Waals surface area contributed by atoms with Crippen molar-refractivity contribution in [2.45, 2.75) is 0 Å². The fourth-order valence-corrected chi connectivity index (χ4v) is 2.41. The van der Waals surface area contributed by atoms with Crippen molar-refractivity contribution in [3.63, 3.8) is 0 Å². The Morgan fingerprint density at radius 2 is 1.95 bits per heavy atom. The molecule has 0 bridgehead atoms. The summed E-state index contributed by atoms with van der Waals surface area (Å²) in [4.78, 5) is 14.1. The van der Waals surface area contributed by atoms with Crippen molar-refractivity contribution in [3.8, 4) is 5.75 Å². The summed E-state index contributed by atoms with van der Waals surface area (Å²) in [6.45, 7) is 0.812. The van der Waals surface area contributed by atoms with Gasteiger partial charge in [0, 0.05) is 16.1 Å². The van der Waals surface area contributed by atoms with Crippen LogP contribution in [0.5, 0.6) is 5.75 Å². The summed E-state index contributed by atoms with van der Waals surface area (Å²) in [5.74, 6) is -0.0152. The lowest BCUT2D eigenvalue weighted by molar-refractivity contribution is 0.0976. The maximum absolute atomic E-state index is 13.4. The van der Waals surface area contributed by atoms with Gasteiger partial charge in [-0.3, -0.25) is 4.79 Å². The Balaban J connectivity index is 1.97. The highest BCUT2D eigenvalue weighted by atomic mass is 79.9. The van der Waals surface area contributed by atoms with Crippen molar-refractivity contribution in [2.24, 2.45) is 0 Å². The molecule has 0 aliphatic carbocycles. The van der Waals surface area contributed by atoms with Gasteiger partial charge in [-0.2, -0.15) is 0 Å². The first kappa shape index (κ1) is 13.1. The lowest BCUT2D eigenvalue weighted by Gasteiger charge is -2.29. The van der Waals surface area contributed by atoms with Crippen LogP contribution >= 0.6 is 15.9 Å². The minimum Gasteiger partial charge on any atom is -0.490 e. The molecule has 0 unspecified atom stereocenters. The number of hydrogen-bond acceptors (Lipinski definition) is 2. The zero-order chi connectivity index (χ0) is 14.1. The number of fused-ring (bicyclic) bond motifs is 1. The molecule has 0 N–H and O–H groups in total. The lowest BCUT2D eigenvalue weighted by Crippen LogP contribution is -2.38. The van der Waals surface area contributed by atoms with E-state index in [0.717, 1.165) is 4.47 Å². The number of benzene rings is 2. The molecule has 102 valence electrons. The summed E-state index contributed by atoms with van der Waals surface area (Å²) in [7, 11) is 0. The molecule has 0 atom stereocenters. The average Bonchev–Trinajstić information content (AvgIpc) is 2.46. The number of nitrogens with zero attached hydrogens (tertiary/aromatic N) is 1. The largest absolute Gasteiger partial charge is 0.490 e. The molecule has 1 aliphatic rings. The predicted octanol–water partition coefficient (Wildman–Crippen LogP) is 3.63. The summed E-state index contributed by atoms with van der Waals surface area (Å²) < 4.78 is 19.7. The molecule has 2 aromatic rings. The molecule has 1 heterocycles. The molecule has 3 nitrogen and oxygen atoms in total. The van der Waals surface area contributed by atoms with Crippen molar-refractivity contribution in [2.75, 3.05) is 18.1 Å². The Hall–Kier alpha value is -1.88. The van der Waals surface area contributed by atoms with Crippen molar-refractivity contribution < 1.29 is 13.9 Å². The first-order valence-corrected chi connectivity index (χ1v) is 6.94. The second-order valence-corrected chi connectivity index (χ2v) is 5.34. The Bertz CT molecular complexity index is 657. The maximum atomic E-state index is 13.4. The molecule has 3 rings (SSSR count). The van der Waals surface area contributed by atoms with Gasteiger partial charge >= 0.3 is 0 Å². The summed E-state index contributed by atoms with van der Waals surface area (Å²) >= 11 is 3.33. The number of carbonyl (C=O) groups excluding carboxylic acids is 1. The minimum atomic E-state index is -0.386. The van der Waals surface area contributed by atoms with E-state index in [4.69, 9.17) is 4.74 Å². The van der Waals surface area contributed by atoms with Crippen molar-refractivity contribution in [1.29, 1.82) is 0 Å². The number of anilines is 1. The summed E-state index contributed by atoms with van der Waals surface area (Å²) in [5.41, 5.74) is 1.04. The number of hydrogen-bond donors (Lipinski definition) is 0. The molecular formula is C15H11BrFNO2. The third-order valence-corrected chi connectivity index (χ3v) is 3.65. The highest BCUT2D eigenvalue weighted by Gasteiger charge is 2.25. The maximum Gasteiger partial charge on any atom is 0.258 e. The van der Waals surface area contributed by atoms with E-state index in [1.165, 1.54) is 12.1 Å². The van der Waals surface area contributed by atoms with Gasteiger partial charge in [0.2, 0.25) is 0 Å². The first-order chi connectivity index (χ1) is 9.65. The fourth-order valence-electron chi connectivity index (χ4n) is 2.15. The highest BCUT2D eigenvalue weighted by Crippen LogP contribution is 2.33. The summed E-state index contributed by atoms with van der Waals surface area (Å²) in [5, 5.41) is 0. The zero-order valence-corrected chi connectivity index (χ0v) is 12.1. The minimum absolute atomic E-state index is 0.160. The SMILES string of the molecule is O=C(c1ccc(Br)cc1)N1CCOc2ccc(F)cc21. The Labute approximate surface area is 124 Å². The van der Waals surface area contributed by atoms with Gasteiger partial charge in [-0.25, -0.2) is 4.39 Å². The molecule has 0 radical (unpaired) electrons. The first-order valence-electron chi connectivity index (χ1n) is 6.15. The zero-order valence-electron chi connectivity index (χ0n) is 10.5. The molecule has 0 saturated carbocycles. The highest BCUT2D eigenvalue weighted by molar-refractivity contribution is 9.10. The number of amides is 1. The third kappa shape index (κ3) is 2.41.